The molecule has 1 heteroatoms. The van der Waals surface area contributed by atoms with Crippen molar-refractivity contribution >= 4 is 5.78 Å². The molecule has 0 heterocycles. The Morgan fingerprint density at radius 3 is 3.00 bits per heavy atom. The Labute approximate surface area is 79.2 Å². The van der Waals surface area contributed by atoms with Crippen LogP contribution < -0.4 is 0 Å². The fourth-order valence-electron chi connectivity index (χ4n) is 4.28. The number of carbonyl (C=O) groups is 1. The smallest absolute Gasteiger partial charge is 0.159 e. The summed E-state index contributed by atoms with van der Waals surface area (Å²) in [5.74, 6) is 1.48. The summed E-state index contributed by atoms with van der Waals surface area (Å²) in [7, 11) is 0. The number of carbonyl (C=O) groups excluding carboxylic acids is 1. The van der Waals surface area contributed by atoms with Crippen molar-refractivity contribution in [2.24, 2.45) is 22.7 Å². The normalized spacial score (nSPS) is 57.5. The lowest BCUT2D eigenvalue weighted by Gasteiger charge is -2.30. The van der Waals surface area contributed by atoms with Crippen molar-refractivity contribution in [1.29, 1.82) is 0 Å². The van der Waals surface area contributed by atoms with E-state index in [0.29, 0.717) is 22.5 Å². The Hall–Kier alpha value is -0.590. The molecule has 0 radical (unpaired) electrons. The van der Waals surface area contributed by atoms with Crippen molar-refractivity contribution in [2.75, 3.05) is 0 Å². The molecule has 70 valence electrons. The number of hydrogen-bond donors (Lipinski definition) is 0. The van der Waals surface area contributed by atoms with Crippen molar-refractivity contribution in [3.63, 3.8) is 0 Å². The van der Waals surface area contributed by atoms with E-state index in [1.54, 1.807) is 0 Å². The van der Waals surface area contributed by atoms with E-state index in [1.165, 1.54) is 19.3 Å². The van der Waals surface area contributed by atoms with E-state index in [0.717, 1.165) is 5.92 Å². The van der Waals surface area contributed by atoms with Crippen LogP contribution in [0, 0.1) is 22.7 Å². The summed E-state index contributed by atoms with van der Waals surface area (Å²) >= 11 is 0. The van der Waals surface area contributed by atoms with Crippen molar-refractivity contribution < 1.29 is 4.79 Å². The molecule has 0 aromatic carbocycles. The molecule has 2 unspecified atom stereocenters. The maximum atomic E-state index is 11.6. The monoisotopic (exact) mass is 176 g/mol. The average Bonchev–Trinajstić information content (AvgIpc) is 2.43. The van der Waals surface area contributed by atoms with Gasteiger partial charge in [0, 0.05) is 11.3 Å². The van der Waals surface area contributed by atoms with Gasteiger partial charge in [0.25, 0.3) is 0 Å². The first-order valence-corrected chi connectivity index (χ1v) is 5.36. The molecule has 3 rings (SSSR count). The summed E-state index contributed by atoms with van der Waals surface area (Å²) in [5, 5.41) is 0. The minimum Gasteiger partial charge on any atom is -0.295 e. The van der Waals surface area contributed by atoms with Gasteiger partial charge in [-0.25, -0.2) is 0 Å². The van der Waals surface area contributed by atoms with Gasteiger partial charge in [0.15, 0.2) is 5.78 Å². The molecule has 0 bridgehead atoms. The summed E-state index contributed by atoms with van der Waals surface area (Å²) < 4.78 is 0. The first-order chi connectivity index (χ1) is 6.13. The van der Waals surface area contributed by atoms with Crippen LogP contribution in [0.2, 0.25) is 0 Å². The second-order valence-corrected chi connectivity index (χ2v) is 5.31. The standard InChI is InChI=1S/C12H16O/c1-8-4-3-6-11(2)10-9(13)5-7-12(8,10)11/h5,7-8,10H,3-4,6H2,1-2H3/t8-,10?,11-,12?/m1/s1. The van der Waals surface area contributed by atoms with E-state index >= 15 is 0 Å². The lowest BCUT2D eigenvalue weighted by Crippen LogP contribution is -2.22. The molecule has 13 heavy (non-hydrogen) atoms. The molecular weight excluding hydrogens is 160 g/mol. The van der Waals surface area contributed by atoms with E-state index in [4.69, 9.17) is 0 Å². The number of fused-ring (bicyclic) bond motifs is 1. The van der Waals surface area contributed by atoms with Crippen LogP contribution in [0.5, 0.6) is 0 Å². The molecular formula is C12H16O. The van der Waals surface area contributed by atoms with Crippen molar-refractivity contribution in [3.05, 3.63) is 12.2 Å². The molecule has 3 aliphatic carbocycles. The second-order valence-electron chi connectivity index (χ2n) is 5.31. The molecule has 1 spiro atoms. The van der Waals surface area contributed by atoms with Crippen LogP contribution in [-0.2, 0) is 4.79 Å². The third kappa shape index (κ3) is 0.589. The van der Waals surface area contributed by atoms with Gasteiger partial charge in [0.2, 0.25) is 0 Å². The van der Waals surface area contributed by atoms with Crippen LogP contribution in [-0.4, -0.2) is 5.78 Å². The molecule has 2 fully saturated rings. The Balaban J connectivity index is 2.09. The Bertz CT molecular complexity index is 317. The van der Waals surface area contributed by atoms with Crippen LogP contribution in [0.4, 0.5) is 0 Å². The SMILES string of the molecule is C[C@@H]1CCC[C@]2(C)C3C(=O)C=CC312. The molecule has 0 saturated heterocycles. The summed E-state index contributed by atoms with van der Waals surface area (Å²) in [6.07, 6.45) is 7.94. The maximum Gasteiger partial charge on any atom is 0.159 e. The third-order valence-electron chi connectivity index (χ3n) is 4.98. The van der Waals surface area contributed by atoms with E-state index in [9.17, 15) is 4.79 Å². The molecule has 0 amide bonds. The molecule has 0 aromatic rings. The third-order valence-corrected chi connectivity index (χ3v) is 4.98. The fraction of sp³-hybridized carbons (Fsp3) is 0.750. The van der Waals surface area contributed by atoms with Gasteiger partial charge in [-0.05, 0) is 30.3 Å². The zero-order valence-corrected chi connectivity index (χ0v) is 8.34. The predicted octanol–water partition coefficient (Wildman–Crippen LogP) is 2.57. The maximum absolute atomic E-state index is 11.6. The van der Waals surface area contributed by atoms with Gasteiger partial charge in [0.1, 0.15) is 0 Å². The molecule has 0 aromatic heterocycles. The van der Waals surface area contributed by atoms with Crippen molar-refractivity contribution in [3.8, 4) is 0 Å². The van der Waals surface area contributed by atoms with E-state index in [-0.39, 0.29) is 0 Å². The molecule has 2 saturated carbocycles. The van der Waals surface area contributed by atoms with E-state index < -0.39 is 0 Å². The van der Waals surface area contributed by atoms with Crippen LogP contribution in [0.25, 0.3) is 0 Å². The zero-order valence-electron chi connectivity index (χ0n) is 8.34. The van der Waals surface area contributed by atoms with Gasteiger partial charge in [-0.1, -0.05) is 26.3 Å². The first-order valence-electron chi connectivity index (χ1n) is 5.36. The van der Waals surface area contributed by atoms with Gasteiger partial charge in [0.05, 0.1) is 0 Å². The highest BCUT2D eigenvalue weighted by Crippen LogP contribution is 2.80. The van der Waals surface area contributed by atoms with Gasteiger partial charge in [-0.3, -0.25) is 4.79 Å². The highest BCUT2D eigenvalue weighted by atomic mass is 16.1. The topological polar surface area (TPSA) is 17.1 Å². The molecule has 0 N–H and O–H groups in total. The Kier molecular flexibility index (Phi) is 1.15. The second kappa shape index (κ2) is 1.92. The highest BCUT2D eigenvalue weighted by Gasteiger charge is 2.78. The van der Waals surface area contributed by atoms with Crippen LogP contribution >= 0.6 is 0 Å². The van der Waals surface area contributed by atoms with Crippen LogP contribution in [0.15, 0.2) is 12.2 Å². The summed E-state index contributed by atoms with van der Waals surface area (Å²) in [6, 6.07) is 0. The van der Waals surface area contributed by atoms with Gasteiger partial charge in [-0.2, -0.15) is 0 Å². The van der Waals surface area contributed by atoms with E-state index in [2.05, 4.69) is 19.9 Å². The Morgan fingerprint density at radius 2 is 2.31 bits per heavy atom. The van der Waals surface area contributed by atoms with Crippen molar-refractivity contribution in [1.82, 2.24) is 0 Å². The average molecular weight is 176 g/mol. The number of rotatable bonds is 0. The fourth-order valence-corrected chi connectivity index (χ4v) is 4.28. The number of ketones is 1. The molecule has 0 aliphatic heterocycles. The molecule has 4 atom stereocenters. The highest BCUT2D eigenvalue weighted by molar-refractivity contribution is 6.00. The summed E-state index contributed by atoms with van der Waals surface area (Å²) in [4.78, 5) is 11.6. The van der Waals surface area contributed by atoms with Gasteiger partial charge < -0.3 is 0 Å². The lowest BCUT2D eigenvalue weighted by atomic mass is 9.73. The molecule has 1 nitrogen and oxygen atoms in total. The van der Waals surface area contributed by atoms with Crippen molar-refractivity contribution in [2.45, 2.75) is 33.1 Å². The van der Waals surface area contributed by atoms with Crippen LogP contribution in [0.3, 0.4) is 0 Å². The summed E-state index contributed by atoms with van der Waals surface area (Å²) in [6.45, 7) is 4.63. The minimum atomic E-state index is 0.294. The quantitative estimate of drug-likeness (QED) is 0.554. The largest absolute Gasteiger partial charge is 0.295 e. The summed E-state index contributed by atoms with van der Waals surface area (Å²) in [5.41, 5.74) is 0.638. The van der Waals surface area contributed by atoms with Gasteiger partial charge in [-0.15, -0.1) is 0 Å². The molecule has 3 aliphatic rings. The Morgan fingerprint density at radius 1 is 1.54 bits per heavy atom. The number of allylic oxidation sites excluding steroid dienone is 2. The zero-order chi connectivity index (χ0) is 9.27. The predicted molar refractivity (Wildman–Crippen MR) is 51.2 cm³/mol. The van der Waals surface area contributed by atoms with Crippen LogP contribution in [0.1, 0.15) is 33.1 Å². The van der Waals surface area contributed by atoms with Gasteiger partial charge >= 0.3 is 0 Å². The first kappa shape index (κ1) is 7.78. The lowest BCUT2D eigenvalue weighted by molar-refractivity contribution is -0.116. The minimum absolute atomic E-state index is 0.294. The number of hydrogen-bond acceptors (Lipinski definition) is 1. The van der Waals surface area contributed by atoms with E-state index in [1.807, 2.05) is 6.08 Å².